The molecule has 0 heterocycles. The molecule has 0 nitrogen and oxygen atoms in total. The Hall–Kier alpha value is 0.189. The van der Waals surface area contributed by atoms with Gasteiger partial charge in [0.2, 0.25) is 0 Å². The molecule has 0 radical (unpaired) electrons. The van der Waals surface area contributed by atoms with Crippen LogP contribution in [0.25, 0.3) is 6.08 Å². The molecule has 0 amide bonds. The molecule has 0 N–H and O–H groups in total. The van der Waals surface area contributed by atoms with E-state index in [0.29, 0.717) is 3.17 Å². The molecule has 0 saturated carbocycles. The molecule has 158 valence electrons. The van der Waals surface area contributed by atoms with Crippen molar-refractivity contribution >= 4 is 32.4 Å². The van der Waals surface area contributed by atoms with E-state index in [2.05, 4.69) is 71.9 Å². The first-order valence-electron chi connectivity index (χ1n) is 12.1. The van der Waals surface area contributed by atoms with Crippen molar-refractivity contribution in [3.63, 3.8) is 0 Å². The molecule has 28 heavy (non-hydrogen) atoms. The fraction of sp³-hybridized carbons (Fsp3) is 0.692. The number of fused-ring (bicyclic) bond motifs is 1. The Bertz CT molecular complexity index is 609. The maximum atomic E-state index is 2.62. The van der Waals surface area contributed by atoms with E-state index in [1.165, 1.54) is 50.8 Å². The maximum absolute atomic E-state index is 2.62. The molecule has 1 atom stereocenters. The molecule has 2 heteroatoms. The second-order valence-electron chi connectivity index (χ2n) is 8.89. The summed E-state index contributed by atoms with van der Waals surface area (Å²) >= 11 is -2.54. The van der Waals surface area contributed by atoms with Crippen molar-refractivity contribution < 1.29 is 0 Å². The van der Waals surface area contributed by atoms with Crippen LogP contribution in [-0.2, 0) is 3.17 Å². The molecule has 0 aromatic heterocycles. The first kappa shape index (κ1) is 24.5. The van der Waals surface area contributed by atoms with E-state index >= 15 is 0 Å². The number of hydrogen-bond donors (Lipinski definition) is 0. The van der Waals surface area contributed by atoms with Gasteiger partial charge in [-0.05, 0) is 0 Å². The van der Waals surface area contributed by atoms with Crippen molar-refractivity contribution in [3.05, 3.63) is 41.0 Å². The fourth-order valence-corrected chi connectivity index (χ4v) is 38.9. The van der Waals surface area contributed by atoms with Gasteiger partial charge in [0.1, 0.15) is 0 Å². The van der Waals surface area contributed by atoms with Crippen molar-refractivity contribution in [2.45, 2.75) is 96.5 Å². The predicted octanol–water partition coefficient (Wildman–Crippen LogP) is 9.21. The van der Waals surface area contributed by atoms with Crippen LogP contribution in [0, 0.1) is 0 Å². The quantitative estimate of drug-likeness (QED) is 0.184. The van der Waals surface area contributed by atoms with Gasteiger partial charge in [-0.25, -0.2) is 0 Å². The average molecular weight is 507 g/mol. The van der Waals surface area contributed by atoms with E-state index in [1.54, 1.807) is 30.0 Å². The van der Waals surface area contributed by atoms with Crippen molar-refractivity contribution in [3.8, 4) is 0 Å². The SMILES string of the molecule is CCC[CH2][Sn]([CH2]CCC)([CH2]CCC)[C]1(P(CC)CC)C(C)=Cc2ccccc21. The molecule has 0 fully saturated rings. The van der Waals surface area contributed by atoms with Crippen LogP contribution in [0.3, 0.4) is 0 Å². The Balaban J connectivity index is 2.77. The molecule has 1 aliphatic rings. The number of unbranched alkanes of at least 4 members (excludes halogenated alkanes) is 3. The summed E-state index contributed by atoms with van der Waals surface area (Å²) < 4.78 is 5.35. The van der Waals surface area contributed by atoms with Gasteiger partial charge < -0.3 is 0 Å². The van der Waals surface area contributed by atoms with E-state index in [-0.39, 0.29) is 7.92 Å². The monoisotopic (exact) mass is 508 g/mol. The summed E-state index contributed by atoms with van der Waals surface area (Å²) in [7, 11) is 0.0199. The van der Waals surface area contributed by atoms with Crippen LogP contribution in [0.4, 0.5) is 0 Å². The number of rotatable bonds is 13. The predicted molar refractivity (Wildman–Crippen MR) is 135 cm³/mol. The van der Waals surface area contributed by atoms with E-state index in [1.807, 2.05) is 0 Å². The number of allylic oxidation sites excluding steroid dienone is 1. The van der Waals surface area contributed by atoms with Gasteiger partial charge in [0.15, 0.2) is 0 Å². The van der Waals surface area contributed by atoms with Gasteiger partial charge in [-0.3, -0.25) is 0 Å². The Kier molecular flexibility index (Phi) is 10.1. The number of hydrogen-bond acceptors (Lipinski definition) is 0. The first-order valence-corrected chi connectivity index (χ1v) is 21.3. The number of benzene rings is 1. The molecular weight excluding hydrogens is 462 g/mol. The summed E-state index contributed by atoms with van der Waals surface area (Å²) in [6.45, 7) is 14.8. The van der Waals surface area contributed by atoms with Crippen LogP contribution in [0.1, 0.15) is 91.2 Å². The molecule has 1 aliphatic carbocycles. The van der Waals surface area contributed by atoms with Crippen molar-refractivity contribution in [2.75, 3.05) is 12.3 Å². The van der Waals surface area contributed by atoms with Crippen LogP contribution in [0.15, 0.2) is 29.8 Å². The van der Waals surface area contributed by atoms with E-state index in [4.69, 9.17) is 0 Å². The molecule has 0 saturated heterocycles. The fourth-order valence-electron chi connectivity index (χ4n) is 6.12. The zero-order valence-corrected chi connectivity index (χ0v) is 23.4. The van der Waals surface area contributed by atoms with Gasteiger partial charge in [-0.15, -0.1) is 0 Å². The summed E-state index contributed by atoms with van der Waals surface area (Å²) in [6.07, 6.45) is 13.9. The van der Waals surface area contributed by atoms with Crippen LogP contribution in [0.5, 0.6) is 0 Å². The molecule has 1 aromatic carbocycles. The normalized spacial score (nSPS) is 19.2. The van der Waals surface area contributed by atoms with Crippen molar-refractivity contribution in [2.24, 2.45) is 0 Å². The van der Waals surface area contributed by atoms with Crippen LogP contribution in [-0.4, -0.2) is 30.7 Å². The minimum atomic E-state index is -2.54. The van der Waals surface area contributed by atoms with Crippen LogP contribution >= 0.6 is 7.92 Å². The van der Waals surface area contributed by atoms with E-state index in [0.717, 1.165) is 0 Å². The minimum absolute atomic E-state index is 0.0199. The molecule has 0 spiro atoms. The standard InChI is InChI=1S/C14H18P.3C4H9.Sn/c1-4-15(5-2)14-11(3)10-12-8-6-7-9-13(12)14;3*1-3-4-2;/h6-10H,4-5H2,1-3H3;3*1,3-4H2,2H3;. The molecule has 0 aliphatic heterocycles. The van der Waals surface area contributed by atoms with Gasteiger partial charge in [0.05, 0.1) is 0 Å². The second kappa shape index (κ2) is 11.5. The van der Waals surface area contributed by atoms with Gasteiger partial charge in [0, 0.05) is 0 Å². The Labute approximate surface area is 181 Å². The molecule has 2 rings (SSSR count). The molecule has 0 bridgehead atoms. The van der Waals surface area contributed by atoms with E-state index in [9.17, 15) is 0 Å². The Morgan fingerprint density at radius 2 is 1.29 bits per heavy atom. The average Bonchev–Trinajstić information content (AvgIpc) is 3.02. The third kappa shape index (κ3) is 4.44. The summed E-state index contributed by atoms with van der Waals surface area (Å²) in [6, 6.07) is 9.57. The zero-order valence-electron chi connectivity index (χ0n) is 19.6. The third-order valence-electron chi connectivity index (χ3n) is 7.33. The zero-order chi connectivity index (χ0) is 20.6. The first-order chi connectivity index (χ1) is 13.6. The second-order valence-corrected chi connectivity index (χ2v) is 26.8. The summed E-state index contributed by atoms with van der Waals surface area (Å²) in [4.78, 5) is 0. The molecule has 1 aromatic rings. The van der Waals surface area contributed by atoms with Crippen molar-refractivity contribution in [1.82, 2.24) is 0 Å². The Morgan fingerprint density at radius 3 is 1.75 bits per heavy atom. The Morgan fingerprint density at radius 1 is 0.786 bits per heavy atom. The molecule has 1 unspecified atom stereocenters. The summed E-state index contributed by atoms with van der Waals surface area (Å²) in [5.41, 5.74) is 5.13. The summed E-state index contributed by atoms with van der Waals surface area (Å²) in [5, 5.41) is 0. The van der Waals surface area contributed by atoms with Gasteiger partial charge in [0.25, 0.3) is 0 Å². The van der Waals surface area contributed by atoms with Gasteiger partial charge in [-0.2, -0.15) is 0 Å². The topological polar surface area (TPSA) is 0 Å². The van der Waals surface area contributed by atoms with Crippen molar-refractivity contribution in [1.29, 1.82) is 0 Å². The van der Waals surface area contributed by atoms with Crippen LogP contribution < -0.4 is 0 Å². The van der Waals surface area contributed by atoms with Gasteiger partial charge in [-0.1, -0.05) is 0 Å². The summed E-state index contributed by atoms with van der Waals surface area (Å²) in [5.74, 6) is 0. The third-order valence-corrected chi connectivity index (χ3v) is 33.8. The van der Waals surface area contributed by atoms with Gasteiger partial charge >= 0.3 is 182 Å². The molecular formula is C26H45PSn. The van der Waals surface area contributed by atoms with E-state index < -0.39 is 18.4 Å². The van der Waals surface area contributed by atoms with Crippen LogP contribution in [0.2, 0.25) is 13.3 Å².